The Balaban J connectivity index is 2.05. The van der Waals surface area contributed by atoms with E-state index in [1.54, 1.807) is 54.6 Å². The molecule has 1 heterocycles. The summed E-state index contributed by atoms with van der Waals surface area (Å²) in [5.41, 5.74) is 1.89. The van der Waals surface area contributed by atoms with Crippen LogP contribution in [0.15, 0.2) is 76.4 Å². The highest BCUT2D eigenvalue weighted by molar-refractivity contribution is 7.90. The number of methoxy groups -OCH3 is 1. The van der Waals surface area contributed by atoms with E-state index in [0.29, 0.717) is 38.0 Å². The van der Waals surface area contributed by atoms with Gasteiger partial charge >= 0.3 is 5.97 Å². The van der Waals surface area contributed by atoms with Crippen LogP contribution in [0.2, 0.25) is 5.02 Å². The maximum atomic E-state index is 13.6. The second kappa shape index (κ2) is 9.65. The van der Waals surface area contributed by atoms with Gasteiger partial charge in [0.25, 0.3) is 5.56 Å². The summed E-state index contributed by atoms with van der Waals surface area (Å²) in [7, 11) is -2.15. The molecule has 0 radical (unpaired) electrons. The number of fused-ring (bicyclic) bond motifs is 1. The first-order valence-corrected chi connectivity index (χ1v) is 12.8. The first kappa shape index (κ1) is 24.7. The third kappa shape index (κ3) is 4.86. The lowest BCUT2D eigenvalue weighted by Crippen LogP contribution is -2.28. The van der Waals surface area contributed by atoms with Crippen molar-refractivity contribution in [2.75, 3.05) is 13.4 Å². The van der Waals surface area contributed by atoms with E-state index in [-0.39, 0.29) is 23.7 Å². The van der Waals surface area contributed by atoms with Gasteiger partial charge in [-0.05, 0) is 58.5 Å². The maximum Gasteiger partial charge on any atom is 0.355 e. The second-order valence-electron chi connectivity index (χ2n) is 8.07. The van der Waals surface area contributed by atoms with Crippen LogP contribution in [0.4, 0.5) is 0 Å². The Morgan fingerprint density at radius 1 is 1.00 bits per heavy atom. The number of carbonyl (C=O) groups excluding carboxylic acids is 1. The molecule has 1 N–H and O–H groups in total. The minimum atomic E-state index is -3.38. The fraction of sp³-hybridized carbons (Fsp3) is 0.154. The van der Waals surface area contributed by atoms with E-state index >= 15 is 0 Å². The van der Waals surface area contributed by atoms with E-state index < -0.39 is 21.4 Å². The molecule has 0 saturated heterocycles. The third-order valence-electron chi connectivity index (χ3n) is 5.70. The average molecular weight is 512 g/mol. The Hall–Kier alpha value is -3.46. The lowest BCUT2D eigenvalue weighted by Gasteiger charge is -2.19. The Labute approximate surface area is 207 Å². The zero-order valence-electron chi connectivity index (χ0n) is 19.0. The van der Waals surface area contributed by atoms with Crippen molar-refractivity contribution in [2.24, 2.45) is 0 Å². The molecule has 9 heteroatoms. The Morgan fingerprint density at radius 2 is 1.71 bits per heavy atom. The molecular weight excluding hydrogens is 490 g/mol. The van der Waals surface area contributed by atoms with Gasteiger partial charge in [-0.2, -0.15) is 0 Å². The highest BCUT2D eigenvalue weighted by Crippen LogP contribution is 2.33. The van der Waals surface area contributed by atoms with E-state index in [1.165, 1.54) is 23.8 Å². The number of aliphatic hydroxyl groups excluding tert-OH is 1. The first-order valence-electron chi connectivity index (χ1n) is 10.6. The van der Waals surface area contributed by atoms with Crippen molar-refractivity contribution in [3.05, 3.63) is 98.9 Å². The summed E-state index contributed by atoms with van der Waals surface area (Å²) in [6.45, 7) is -0.203. The molecule has 0 atom stereocenters. The summed E-state index contributed by atoms with van der Waals surface area (Å²) in [5, 5.41) is 10.9. The van der Waals surface area contributed by atoms with Crippen molar-refractivity contribution in [1.82, 2.24) is 4.57 Å². The van der Waals surface area contributed by atoms with Gasteiger partial charge < -0.3 is 9.84 Å². The topological polar surface area (TPSA) is 103 Å². The van der Waals surface area contributed by atoms with Gasteiger partial charge in [0, 0.05) is 22.2 Å². The lowest BCUT2D eigenvalue weighted by atomic mass is 9.95. The summed E-state index contributed by atoms with van der Waals surface area (Å²) < 4.78 is 30.0. The number of hydrogen-bond donors (Lipinski definition) is 1. The number of ether oxygens (including phenoxy) is 1. The number of sulfone groups is 1. The molecule has 3 aromatic carbocycles. The van der Waals surface area contributed by atoms with Crippen molar-refractivity contribution in [3.63, 3.8) is 0 Å². The summed E-state index contributed by atoms with van der Waals surface area (Å²) in [6.07, 6.45) is 1.11. The van der Waals surface area contributed by atoms with E-state index in [1.807, 2.05) is 0 Å². The lowest BCUT2D eigenvalue weighted by molar-refractivity contribution is 0.0588. The van der Waals surface area contributed by atoms with Crippen molar-refractivity contribution in [1.29, 1.82) is 0 Å². The number of rotatable bonds is 6. The van der Waals surface area contributed by atoms with Crippen LogP contribution < -0.4 is 5.56 Å². The summed E-state index contributed by atoms with van der Waals surface area (Å²) in [5.74, 6) is -0.721. The molecule has 180 valence electrons. The van der Waals surface area contributed by atoms with Crippen LogP contribution in [0.5, 0.6) is 0 Å². The molecule has 0 aliphatic carbocycles. The van der Waals surface area contributed by atoms with Gasteiger partial charge in [0.1, 0.15) is 5.69 Å². The van der Waals surface area contributed by atoms with Crippen LogP contribution in [-0.2, 0) is 27.7 Å². The van der Waals surface area contributed by atoms with Gasteiger partial charge in [-0.25, -0.2) is 13.2 Å². The van der Waals surface area contributed by atoms with Crippen LogP contribution >= 0.6 is 11.6 Å². The van der Waals surface area contributed by atoms with Crippen LogP contribution in [-0.4, -0.2) is 37.4 Å². The largest absolute Gasteiger partial charge is 0.464 e. The summed E-state index contributed by atoms with van der Waals surface area (Å²) >= 11 is 6.26. The first-order chi connectivity index (χ1) is 16.6. The number of nitrogens with zero attached hydrogens (tertiary/aromatic N) is 1. The number of carbonyl (C=O) groups is 1. The zero-order chi connectivity index (χ0) is 25.3. The van der Waals surface area contributed by atoms with Gasteiger partial charge in [0.05, 0.1) is 25.2 Å². The van der Waals surface area contributed by atoms with Gasteiger partial charge in [-0.3, -0.25) is 9.36 Å². The van der Waals surface area contributed by atoms with E-state index in [0.717, 1.165) is 6.26 Å². The minimum absolute atomic E-state index is 0.00142. The molecule has 1 aromatic heterocycles. The fourth-order valence-corrected chi connectivity index (χ4v) is 4.82. The minimum Gasteiger partial charge on any atom is -0.464 e. The van der Waals surface area contributed by atoms with Gasteiger partial charge in [0.15, 0.2) is 9.84 Å². The number of hydrogen-bond acceptors (Lipinski definition) is 6. The monoisotopic (exact) mass is 511 g/mol. The highest BCUT2D eigenvalue weighted by atomic mass is 35.5. The molecule has 0 unspecified atom stereocenters. The number of esters is 1. The number of halogens is 1. The molecule has 0 amide bonds. The van der Waals surface area contributed by atoms with E-state index in [9.17, 15) is 23.1 Å². The molecule has 0 saturated carbocycles. The average Bonchev–Trinajstić information content (AvgIpc) is 2.84. The fourth-order valence-electron chi connectivity index (χ4n) is 4.02. The molecule has 0 aliphatic rings. The van der Waals surface area contributed by atoms with Crippen molar-refractivity contribution < 1.29 is 23.1 Å². The second-order valence-corrected chi connectivity index (χ2v) is 10.5. The van der Waals surface area contributed by atoms with Gasteiger partial charge in [0.2, 0.25) is 0 Å². The number of benzene rings is 3. The van der Waals surface area contributed by atoms with Crippen LogP contribution in [0.3, 0.4) is 0 Å². The van der Waals surface area contributed by atoms with Crippen LogP contribution in [0.25, 0.3) is 21.9 Å². The Morgan fingerprint density at radius 3 is 2.34 bits per heavy atom. The Kier molecular flexibility index (Phi) is 6.80. The zero-order valence-corrected chi connectivity index (χ0v) is 20.6. The molecule has 0 fully saturated rings. The van der Waals surface area contributed by atoms with Gasteiger partial charge in [-0.15, -0.1) is 0 Å². The molecule has 0 bridgehead atoms. The van der Waals surface area contributed by atoms with Crippen molar-refractivity contribution >= 4 is 38.2 Å². The van der Waals surface area contributed by atoms with Crippen molar-refractivity contribution in [3.8, 4) is 11.1 Å². The molecule has 0 spiro atoms. The summed E-state index contributed by atoms with van der Waals surface area (Å²) in [6, 6.07) is 17.9. The standard InChI is InChI=1S/C26H22ClNO6S/c1-34-26(31)24-23(18-5-3-4-17(12-18)15-29)22-13-19(27)8-11-21(22)25(30)28(24)14-16-6-9-20(10-7-16)35(2,32)33/h3-13,29H,14-15H2,1-2H3. The maximum absolute atomic E-state index is 13.6. The SMILES string of the molecule is COC(=O)c1c(-c2cccc(CO)c2)c2cc(Cl)ccc2c(=O)n1Cc1ccc(S(C)(=O)=O)cc1. The quantitative estimate of drug-likeness (QED) is 0.392. The van der Waals surface area contributed by atoms with E-state index in [4.69, 9.17) is 16.3 Å². The highest BCUT2D eigenvalue weighted by Gasteiger charge is 2.24. The molecule has 4 aromatic rings. The molecule has 35 heavy (non-hydrogen) atoms. The number of aliphatic hydroxyl groups is 1. The van der Waals surface area contributed by atoms with Crippen LogP contribution in [0, 0.1) is 0 Å². The van der Waals surface area contributed by atoms with Crippen LogP contribution in [0.1, 0.15) is 21.6 Å². The Bertz CT molecular complexity index is 1610. The summed E-state index contributed by atoms with van der Waals surface area (Å²) in [4.78, 5) is 26.8. The number of pyridine rings is 1. The molecule has 4 rings (SSSR count). The molecule has 0 aliphatic heterocycles. The normalized spacial score (nSPS) is 11.5. The molecule has 7 nitrogen and oxygen atoms in total. The molecular formula is C26H22ClNO6S. The smallest absolute Gasteiger partial charge is 0.355 e. The predicted octanol–water partition coefficient (Wildman–Crippen LogP) is 4.05. The van der Waals surface area contributed by atoms with Crippen molar-refractivity contribution in [2.45, 2.75) is 18.0 Å². The number of aromatic nitrogens is 1. The van der Waals surface area contributed by atoms with Gasteiger partial charge in [-0.1, -0.05) is 41.9 Å². The van der Waals surface area contributed by atoms with E-state index in [2.05, 4.69) is 0 Å². The predicted molar refractivity (Wildman–Crippen MR) is 135 cm³/mol. The third-order valence-corrected chi connectivity index (χ3v) is 7.07.